The highest BCUT2D eigenvalue weighted by molar-refractivity contribution is 7.90. The van der Waals surface area contributed by atoms with Gasteiger partial charge in [-0.05, 0) is 43.9 Å². The average molecular weight is 439 g/mol. The Bertz CT molecular complexity index is 1370. The second-order valence-corrected chi connectivity index (χ2v) is 9.58. The maximum absolute atomic E-state index is 13.1. The van der Waals surface area contributed by atoms with Crippen molar-refractivity contribution in [2.24, 2.45) is 0 Å². The third kappa shape index (κ3) is 3.32. The van der Waals surface area contributed by atoms with Gasteiger partial charge in [0.15, 0.2) is 5.65 Å². The molecule has 0 unspecified atom stereocenters. The summed E-state index contributed by atoms with van der Waals surface area (Å²) >= 11 is 0. The normalized spacial score (nSPS) is 19.6. The predicted molar refractivity (Wildman–Crippen MR) is 115 cm³/mol. The number of imidazole rings is 1. The molecule has 0 aliphatic heterocycles. The van der Waals surface area contributed by atoms with Gasteiger partial charge in [0, 0.05) is 23.7 Å². The van der Waals surface area contributed by atoms with Crippen LogP contribution >= 0.6 is 0 Å². The van der Waals surface area contributed by atoms with E-state index in [9.17, 15) is 13.2 Å². The Kier molecular flexibility index (Phi) is 4.66. The van der Waals surface area contributed by atoms with E-state index < -0.39 is 16.1 Å². The second kappa shape index (κ2) is 7.38. The molecule has 0 spiro atoms. The first-order valence-corrected chi connectivity index (χ1v) is 11.5. The number of fused-ring (bicyclic) bond motifs is 3. The monoisotopic (exact) mass is 439 g/mol. The summed E-state index contributed by atoms with van der Waals surface area (Å²) in [6.45, 7) is 0. The van der Waals surface area contributed by atoms with E-state index in [1.54, 1.807) is 48.9 Å². The van der Waals surface area contributed by atoms with Crippen LogP contribution in [0.1, 0.15) is 31.7 Å². The van der Waals surface area contributed by atoms with E-state index in [2.05, 4.69) is 19.9 Å². The number of nitrogens with one attached hydrogen (secondary N) is 1. The van der Waals surface area contributed by atoms with Crippen molar-refractivity contribution in [3.8, 4) is 0 Å². The van der Waals surface area contributed by atoms with Gasteiger partial charge in [0.2, 0.25) is 0 Å². The van der Waals surface area contributed by atoms with Gasteiger partial charge in [0.25, 0.3) is 10.0 Å². The third-order valence-electron chi connectivity index (χ3n) is 5.93. The van der Waals surface area contributed by atoms with Crippen molar-refractivity contribution in [3.05, 3.63) is 55.1 Å². The molecule has 2 N–H and O–H groups in total. The highest BCUT2D eigenvalue weighted by Gasteiger charge is 2.26. The SMILES string of the molecule is O=C(O)NC1CCC(n2cnc3cnc4c(ccn4S(=O)(=O)c4ccccc4)c32)CC1. The molecule has 1 aromatic carbocycles. The van der Waals surface area contributed by atoms with Gasteiger partial charge in [-0.15, -0.1) is 0 Å². The minimum atomic E-state index is -3.77. The van der Waals surface area contributed by atoms with Crippen molar-refractivity contribution in [2.75, 3.05) is 0 Å². The second-order valence-electron chi connectivity index (χ2n) is 7.77. The fraction of sp³-hybridized carbons (Fsp3) is 0.286. The number of benzene rings is 1. The predicted octanol–water partition coefficient (Wildman–Crippen LogP) is 3.37. The van der Waals surface area contributed by atoms with Crippen LogP contribution < -0.4 is 5.32 Å². The van der Waals surface area contributed by atoms with Crippen LogP contribution in [0.2, 0.25) is 0 Å². The van der Waals surface area contributed by atoms with E-state index in [0.717, 1.165) is 36.6 Å². The lowest BCUT2D eigenvalue weighted by molar-refractivity contribution is 0.182. The van der Waals surface area contributed by atoms with Gasteiger partial charge >= 0.3 is 6.09 Å². The summed E-state index contributed by atoms with van der Waals surface area (Å²) in [4.78, 5) is 20.0. The molecule has 10 heteroatoms. The molecule has 3 aromatic heterocycles. The lowest BCUT2D eigenvalue weighted by Crippen LogP contribution is -2.36. The van der Waals surface area contributed by atoms with Gasteiger partial charge in [0.05, 0.1) is 22.9 Å². The molecule has 3 heterocycles. The van der Waals surface area contributed by atoms with Crippen LogP contribution in [-0.4, -0.2) is 44.2 Å². The zero-order chi connectivity index (χ0) is 21.6. The highest BCUT2D eigenvalue weighted by Crippen LogP contribution is 2.34. The van der Waals surface area contributed by atoms with Crippen LogP contribution in [0.4, 0.5) is 4.79 Å². The number of carboxylic acid groups (broad SMARTS) is 1. The highest BCUT2D eigenvalue weighted by atomic mass is 32.2. The van der Waals surface area contributed by atoms with Crippen LogP contribution in [0.5, 0.6) is 0 Å². The summed E-state index contributed by atoms with van der Waals surface area (Å²) in [5.41, 5.74) is 1.91. The van der Waals surface area contributed by atoms with Crippen molar-refractivity contribution in [1.82, 2.24) is 23.8 Å². The molecule has 9 nitrogen and oxygen atoms in total. The van der Waals surface area contributed by atoms with E-state index in [1.807, 2.05) is 0 Å². The van der Waals surface area contributed by atoms with Crippen molar-refractivity contribution < 1.29 is 18.3 Å². The van der Waals surface area contributed by atoms with Gasteiger partial charge in [-0.3, -0.25) is 0 Å². The number of amides is 1. The Hall–Kier alpha value is -3.40. The Balaban J connectivity index is 1.55. The van der Waals surface area contributed by atoms with E-state index >= 15 is 0 Å². The minimum Gasteiger partial charge on any atom is -0.465 e. The van der Waals surface area contributed by atoms with Crippen LogP contribution in [0.15, 0.2) is 60.0 Å². The fourth-order valence-corrected chi connectivity index (χ4v) is 5.76. The summed E-state index contributed by atoms with van der Waals surface area (Å²) in [7, 11) is -3.77. The lowest BCUT2D eigenvalue weighted by Gasteiger charge is -2.29. The molecule has 0 saturated heterocycles. The van der Waals surface area contributed by atoms with Crippen molar-refractivity contribution in [1.29, 1.82) is 0 Å². The lowest BCUT2D eigenvalue weighted by atomic mass is 9.91. The quantitative estimate of drug-likeness (QED) is 0.503. The fourth-order valence-electron chi connectivity index (χ4n) is 4.44. The molecule has 1 saturated carbocycles. The summed E-state index contributed by atoms with van der Waals surface area (Å²) in [5.74, 6) is 0. The average Bonchev–Trinajstić information content (AvgIpc) is 3.39. The van der Waals surface area contributed by atoms with Crippen molar-refractivity contribution >= 4 is 38.2 Å². The Morgan fingerprint density at radius 2 is 1.81 bits per heavy atom. The molecule has 1 aliphatic rings. The summed E-state index contributed by atoms with van der Waals surface area (Å²) in [6.07, 6.45) is 7.01. The zero-order valence-electron chi connectivity index (χ0n) is 16.5. The first kappa shape index (κ1) is 19.6. The Labute approximate surface area is 178 Å². The number of rotatable bonds is 4. The van der Waals surface area contributed by atoms with E-state index in [0.29, 0.717) is 11.2 Å². The van der Waals surface area contributed by atoms with Crippen molar-refractivity contribution in [3.63, 3.8) is 0 Å². The molecule has 4 aromatic rings. The number of hydrogen-bond donors (Lipinski definition) is 2. The van der Waals surface area contributed by atoms with Gasteiger partial charge in [-0.25, -0.2) is 27.2 Å². The van der Waals surface area contributed by atoms with Crippen LogP contribution in [0.3, 0.4) is 0 Å². The molecule has 31 heavy (non-hydrogen) atoms. The molecule has 0 radical (unpaired) electrons. The number of aromatic nitrogens is 4. The van der Waals surface area contributed by atoms with Gasteiger partial charge in [0.1, 0.15) is 5.52 Å². The number of nitrogens with zero attached hydrogens (tertiary/aromatic N) is 4. The minimum absolute atomic E-state index is 0.0395. The standard InChI is InChI=1S/C21H21N5O4S/c27-21(28)24-14-6-8-15(9-7-14)25-13-23-18-12-22-20-17(19(18)25)10-11-26(20)31(29,30)16-4-2-1-3-5-16/h1-5,10-15,24H,6-9H2,(H,27,28). The summed E-state index contributed by atoms with van der Waals surface area (Å²) in [5, 5.41) is 12.2. The summed E-state index contributed by atoms with van der Waals surface area (Å²) < 4.78 is 29.6. The topological polar surface area (TPSA) is 119 Å². The zero-order valence-corrected chi connectivity index (χ0v) is 17.4. The van der Waals surface area contributed by atoms with Crippen LogP contribution in [0, 0.1) is 0 Å². The van der Waals surface area contributed by atoms with E-state index in [1.165, 1.54) is 10.2 Å². The molecule has 1 aliphatic carbocycles. The molecule has 0 bridgehead atoms. The van der Waals surface area contributed by atoms with Gasteiger partial charge in [-0.1, -0.05) is 18.2 Å². The maximum Gasteiger partial charge on any atom is 0.404 e. The maximum atomic E-state index is 13.1. The number of carbonyl (C=O) groups is 1. The molecule has 160 valence electrons. The van der Waals surface area contributed by atoms with Crippen LogP contribution in [-0.2, 0) is 10.0 Å². The number of pyridine rings is 1. The summed E-state index contributed by atoms with van der Waals surface area (Å²) in [6, 6.07) is 10.2. The first-order chi connectivity index (χ1) is 14.9. The molecule has 1 fully saturated rings. The molecular weight excluding hydrogens is 418 g/mol. The van der Waals surface area contributed by atoms with Gasteiger partial charge in [-0.2, -0.15) is 0 Å². The number of hydrogen-bond acceptors (Lipinski definition) is 5. The van der Waals surface area contributed by atoms with Crippen molar-refractivity contribution in [2.45, 2.75) is 42.7 Å². The molecule has 1 amide bonds. The largest absolute Gasteiger partial charge is 0.465 e. The smallest absolute Gasteiger partial charge is 0.404 e. The van der Waals surface area contributed by atoms with E-state index in [4.69, 9.17) is 5.11 Å². The Morgan fingerprint density at radius 1 is 1.06 bits per heavy atom. The first-order valence-electron chi connectivity index (χ1n) is 10.1. The van der Waals surface area contributed by atoms with Gasteiger partial charge < -0.3 is 15.0 Å². The van der Waals surface area contributed by atoms with E-state index in [-0.39, 0.29) is 17.0 Å². The molecule has 5 rings (SSSR count). The molecular formula is C21H21N5O4S. The van der Waals surface area contributed by atoms with Crippen LogP contribution in [0.25, 0.3) is 22.1 Å². The third-order valence-corrected chi connectivity index (χ3v) is 7.61. The molecule has 0 atom stereocenters. The Morgan fingerprint density at radius 3 is 2.52 bits per heavy atom.